The second-order valence-corrected chi connectivity index (χ2v) is 14.6. The molecule has 3 aliphatic rings. The lowest BCUT2D eigenvalue weighted by Crippen LogP contribution is -2.32. The minimum Gasteiger partial charge on any atom is -0.392 e. The first-order valence-electron chi connectivity index (χ1n) is 18.3. The minimum atomic E-state index is -4.78. The summed E-state index contributed by atoms with van der Waals surface area (Å²) in [5, 5.41) is 30.8. The Morgan fingerprint density at radius 3 is 2.33 bits per heavy atom. The first kappa shape index (κ1) is 36.0. The zero-order chi connectivity index (χ0) is 37.7. The van der Waals surface area contributed by atoms with Gasteiger partial charge in [-0.1, -0.05) is 24.3 Å². The number of carbonyl (C=O) groups is 1. The number of aryl methyl sites for hydroxylation is 1. The second kappa shape index (κ2) is 14.4. The Morgan fingerprint density at radius 2 is 1.63 bits per heavy atom. The Kier molecular flexibility index (Phi) is 9.58. The molecule has 0 spiro atoms. The van der Waals surface area contributed by atoms with Crippen LogP contribution in [0.2, 0.25) is 0 Å². The Balaban J connectivity index is 1.05. The lowest BCUT2D eigenvalue weighted by Gasteiger charge is -2.31. The summed E-state index contributed by atoms with van der Waals surface area (Å²) in [5.41, 5.74) is 6.64. The summed E-state index contributed by atoms with van der Waals surface area (Å²) in [6.45, 7) is 7.56. The van der Waals surface area contributed by atoms with Crippen molar-refractivity contribution in [3.05, 3.63) is 88.6 Å². The van der Waals surface area contributed by atoms with E-state index in [1.54, 1.807) is 18.3 Å². The van der Waals surface area contributed by atoms with E-state index >= 15 is 0 Å². The second-order valence-electron chi connectivity index (χ2n) is 14.6. The molecule has 0 saturated carbocycles. The van der Waals surface area contributed by atoms with Crippen LogP contribution in [0.15, 0.2) is 54.7 Å². The number of fused-ring (bicyclic) bond motifs is 2. The number of anilines is 3. The van der Waals surface area contributed by atoms with Crippen LogP contribution in [-0.2, 0) is 19.3 Å². The van der Waals surface area contributed by atoms with Gasteiger partial charge in [0.25, 0.3) is 5.91 Å². The van der Waals surface area contributed by atoms with E-state index in [1.165, 1.54) is 0 Å². The molecule has 0 aliphatic carbocycles. The van der Waals surface area contributed by atoms with Crippen molar-refractivity contribution in [3.63, 3.8) is 0 Å². The molecule has 0 radical (unpaired) electrons. The van der Waals surface area contributed by atoms with Gasteiger partial charge in [0, 0.05) is 56.8 Å². The Hall–Kier alpha value is -4.96. The topological polar surface area (TPSA) is 145 Å². The first-order chi connectivity index (χ1) is 25.9. The number of β-amino-alcohol motifs (C(OH)–C–C–N with tert-alkyl or cyclic N) is 2. The Morgan fingerprint density at radius 1 is 0.907 bits per heavy atom. The normalized spacial score (nSPS) is 20.8. The van der Waals surface area contributed by atoms with E-state index in [9.17, 15) is 28.2 Å². The van der Waals surface area contributed by atoms with Crippen LogP contribution >= 0.6 is 0 Å². The van der Waals surface area contributed by atoms with Gasteiger partial charge in [-0.05, 0) is 91.6 Å². The van der Waals surface area contributed by atoms with Crippen LogP contribution in [0.4, 0.5) is 30.4 Å². The zero-order valence-electron chi connectivity index (χ0n) is 30.1. The maximum Gasteiger partial charge on any atom is 0.451 e. The molecule has 6 heterocycles. The van der Waals surface area contributed by atoms with Gasteiger partial charge in [-0.3, -0.25) is 24.3 Å². The molecular formula is C39H42F3N9O3. The highest BCUT2D eigenvalue weighted by atomic mass is 19.4. The van der Waals surface area contributed by atoms with Crippen LogP contribution in [0.3, 0.4) is 0 Å². The smallest absolute Gasteiger partial charge is 0.392 e. The number of hydrogen-bond acceptors (Lipinski definition) is 10. The van der Waals surface area contributed by atoms with Crippen molar-refractivity contribution in [2.24, 2.45) is 0 Å². The SMILES string of the molecule is Cc1c(NC(=O)c2cc3n(n2)CCC[C@H]3N2CC[C@@H](O)C2)cccc1-c1cccc(Nc2nc(C(F)(F)F)nc3cc(CN4CC[C@@H](O)C4)cnc23)c1C. The number of pyridine rings is 1. The number of rotatable bonds is 8. The number of aromatic nitrogens is 5. The minimum absolute atomic E-state index is 0.0640. The van der Waals surface area contributed by atoms with Crippen LogP contribution in [0.25, 0.3) is 22.2 Å². The van der Waals surface area contributed by atoms with Crippen molar-refractivity contribution < 1.29 is 28.2 Å². The van der Waals surface area contributed by atoms with Gasteiger partial charge < -0.3 is 20.8 Å². The van der Waals surface area contributed by atoms with Crippen LogP contribution in [0.1, 0.15) is 70.4 Å². The van der Waals surface area contributed by atoms with Crippen LogP contribution in [0, 0.1) is 13.8 Å². The molecule has 5 aromatic rings. The summed E-state index contributed by atoms with van der Waals surface area (Å²) in [4.78, 5) is 30.1. The number of likely N-dealkylation sites (tertiary alicyclic amines) is 2. The number of nitrogens with one attached hydrogen (secondary N) is 2. The van der Waals surface area contributed by atoms with Gasteiger partial charge in [0.1, 0.15) is 5.52 Å². The molecule has 4 N–H and O–H groups in total. The Labute approximate surface area is 310 Å². The van der Waals surface area contributed by atoms with E-state index in [4.69, 9.17) is 0 Å². The molecule has 2 fully saturated rings. The number of carbonyl (C=O) groups excluding carboxylic acids is 1. The van der Waals surface area contributed by atoms with Crippen molar-refractivity contribution in [2.75, 3.05) is 36.8 Å². The van der Waals surface area contributed by atoms with Gasteiger partial charge in [0.2, 0.25) is 5.82 Å². The third-order valence-corrected chi connectivity index (χ3v) is 10.8. The molecule has 3 aromatic heterocycles. The first-order valence-corrected chi connectivity index (χ1v) is 18.3. The number of benzene rings is 2. The summed E-state index contributed by atoms with van der Waals surface area (Å²) in [6.07, 6.45) is -0.641. The van der Waals surface area contributed by atoms with E-state index in [1.807, 2.05) is 59.8 Å². The predicted octanol–water partition coefficient (Wildman–Crippen LogP) is 5.99. The highest BCUT2D eigenvalue weighted by Crippen LogP contribution is 2.37. The molecule has 15 heteroatoms. The fourth-order valence-corrected chi connectivity index (χ4v) is 8.01. The van der Waals surface area contributed by atoms with Gasteiger partial charge in [0.05, 0.1) is 29.5 Å². The van der Waals surface area contributed by atoms with E-state index in [2.05, 4.69) is 35.6 Å². The van der Waals surface area contributed by atoms with Crippen LogP contribution < -0.4 is 10.6 Å². The molecular weight excluding hydrogens is 699 g/mol. The molecule has 3 aliphatic heterocycles. The van der Waals surface area contributed by atoms with Gasteiger partial charge in [-0.2, -0.15) is 18.3 Å². The van der Waals surface area contributed by atoms with Gasteiger partial charge in [-0.15, -0.1) is 0 Å². The van der Waals surface area contributed by atoms with Crippen LogP contribution in [-0.4, -0.2) is 89.0 Å². The lowest BCUT2D eigenvalue weighted by molar-refractivity contribution is -0.144. The summed E-state index contributed by atoms with van der Waals surface area (Å²) >= 11 is 0. The number of aliphatic hydroxyl groups is 2. The molecule has 54 heavy (non-hydrogen) atoms. The summed E-state index contributed by atoms with van der Waals surface area (Å²) < 4.78 is 44.1. The number of nitrogens with zero attached hydrogens (tertiary/aromatic N) is 7. The number of aliphatic hydroxyl groups excluding tert-OH is 2. The Bertz CT molecular complexity index is 2230. The maximum absolute atomic E-state index is 14.1. The average Bonchev–Trinajstić information content (AvgIpc) is 3.89. The molecule has 0 bridgehead atoms. The van der Waals surface area contributed by atoms with Crippen molar-refractivity contribution in [2.45, 2.75) is 77.0 Å². The lowest BCUT2D eigenvalue weighted by atomic mass is 9.94. The molecule has 1 amide bonds. The maximum atomic E-state index is 14.1. The van der Waals surface area contributed by atoms with E-state index in [-0.39, 0.29) is 34.9 Å². The van der Waals surface area contributed by atoms with Crippen molar-refractivity contribution in [1.29, 1.82) is 0 Å². The predicted molar refractivity (Wildman–Crippen MR) is 197 cm³/mol. The number of halogens is 3. The molecule has 2 saturated heterocycles. The number of alkyl halides is 3. The highest BCUT2D eigenvalue weighted by Gasteiger charge is 2.36. The molecule has 2 aromatic carbocycles. The highest BCUT2D eigenvalue weighted by molar-refractivity contribution is 6.04. The summed E-state index contributed by atoms with van der Waals surface area (Å²) in [7, 11) is 0. The van der Waals surface area contributed by atoms with Crippen molar-refractivity contribution in [3.8, 4) is 11.1 Å². The summed E-state index contributed by atoms with van der Waals surface area (Å²) in [6, 6.07) is 14.7. The van der Waals surface area contributed by atoms with Gasteiger partial charge in [-0.25, -0.2) is 9.97 Å². The summed E-state index contributed by atoms with van der Waals surface area (Å²) in [5.74, 6) is -1.67. The largest absolute Gasteiger partial charge is 0.451 e. The average molecular weight is 742 g/mol. The molecule has 12 nitrogen and oxygen atoms in total. The third kappa shape index (κ3) is 7.16. The quantitative estimate of drug-likeness (QED) is 0.150. The van der Waals surface area contributed by atoms with Crippen LogP contribution in [0.5, 0.6) is 0 Å². The third-order valence-electron chi connectivity index (χ3n) is 10.8. The fraction of sp³-hybridized carbons (Fsp3) is 0.410. The fourth-order valence-electron chi connectivity index (χ4n) is 8.01. The van der Waals surface area contributed by atoms with E-state index < -0.39 is 18.1 Å². The molecule has 0 unspecified atom stereocenters. The zero-order valence-corrected chi connectivity index (χ0v) is 30.1. The molecule has 282 valence electrons. The van der Waals surface area contributed by atoms with E-state index in [0.717, 1.165) is 60.3 Å². The molecule has 8 rings (SSSR count). The number of amides is 1. The van der Waals surface area contributed by atoms with Gasteiger partial charge in [0.15, 0.2) is 11.5 Å². The van der Waals surface area contributed by atoms with Crippen molar-refractivity contribution in [1.82, 2.24) is 34.5 Å². The van der Waals surface area contributed by atoms with E-state index in [0.29, 0.717) is 55.2 Å². The monoisotopic (exact) mass is 741 g/mol. The molecule has 3 atom stereocenters. The standard InChI is InChI=1S/C39H42F3N9O3/c1-22-27(28-7-4-9-30(23(28)2)45-37(54)32-17-34-33(10-5-13-51(34)48-32)50-15-12-26(53)21-50)6-3-8-29(22)44-36-35-31(46-38(47-36)39(40,41)42)16-24(18-43-35)19-49-14-11-25(52)20-49/h3-4,6-9,16-18,25-26,33,52-53H,5,10-15,19-21H2,1-2H3,(H,45,54)(H,44,46,47)/t25-,26-,33-/m1/s1. The van der Waals surface area contributed by atoms with Gasteiger partial charge >= 0.3 is 6.18 Å². The number of hydrogen-bond donors (Lipinski definition) is 4. The van der Waals surface area contributed by atoms with Crippen molar-refractivity contribution >= 4 is 34.1 Å².